The van der Waals surface area contributed by atoms with E-state index in [4.69, 9.17) is 22.7 Å². The fraction of sp³-hybridized carbons (Fsp3) is 0.364. The summed E-state index contributed by atoms with van der Waals surface area (Å²) >= 11 is 5.83. The Bertz CT molecular complexity index is 1090. The Morgan fingerprint density at radius 3 is 2.44 bits per heavy atom. The van der Waals surface area contributed by atoms with Crippen LogP contribution in [0.1, 0.15) is 35.7 Å². The van der Waals surface area contributed by atoms with Crippen LogP contribution < -0.4 is 11.1 Å². The quantitative estimate of drug-likeness (QED) is 0.231. The van der Waals surface area contributed by atoms with Crippen molar-refractivity contribution in [2.75, 3.05) is 6.54 Å². The summed E-state index contributed by atoms with van der Waals surface area (Å²) in [6.07, 6.45) is -6.29. The van der Waals surface area contributed by atoms with E-state index in [1.54, 1.807) is 0 Å². The summed E-state index contributed by atoms with van der Waals surface area (Å²) in [6.45, 7) is 4.99. The molecule has 1 unspecified atom stereocenters. The summed E-state index contributed by atoms with van der Waals surface area (Å²) in [6, 6.07) is 1.43. The van der Waals surface area contributed by atoms with Gasteiger partial charge in [0, 0.05) is 17.1 Å². The predicted molar refractivity (Wildman–Crippen MR) is 125 cm³/mol. The number of hydrogen-bond donors (Lipinski definition) is 3. The van der Waals surface area contributed by atoms with E-state index in [1.165, 1.54) is 11.8 Å². The first-order valence-electron chi connectivity index (χ1n) is 10.4. The lowest BCUT2D eigenvalue weighted by Crippen LogP contribution is -2.48. The summed E-state index contributed by atoms with van der Waals surface area (Å²) in [5.41, 5.74) is 2.23. The van der Waals surface area contributed by atoms with Crippen molar-refractivity contribution in [2.45, 2.75) is 38.2 Å². The molecule has 0 heterocycles. The highest BCUT2D eigenvalue weighted by Crippen LogP contribution is 2.34. The van der Waals surface area contributed by atoms with E-state index in [0.717, 1.165) is 18.9 Å². The number of carbonyl (C=O) groups is 1. The second kappa shape index (κ2) is 11.6. The number of halogens is 7. The number of rotatable bonds is 9. The zero-order chi connectivity index (χ0) is 27.3. The number of allylic oxidation sites excluding steroid dienone is 1. The van der Waals surface area contributed by atoms with Crippen LogP contribution in [0.25, 0.3) is 0 Å². The van der Waals surface area contributed by atoms with E-state index in [1.807, 2.05) is 0 Å². The summed E-state index contributed by atoms with van der Waals surface area (Å²) in [5.74, 6) is -1.43. The van der Waals surface area contributed by atoms with Crippen molar-refractivity contribution >= 4 is 35.4 Å². The third-order valence-corrected chi connectivity index (χ3v) is 5.24. The van der Waals surface area contributed by atoms with E-state index >= 15 is 0 Å². The molecule has 7 nitrogen and oxygen atoms in total. The third kappa shape index (κ3) is 8.11. The highest BCUT2D eigenvalue weighted by molar-refractivity contribution is 6.31. The molecular weight excluding hydrogens is 514 g/mol. The molecule has 1 aromatic carbocycles. The molecule has 196 valence electrons. The maximum Gasteiger partial charge on any atom is 0.433 e. The second-order valence-electron chi connectivity index (χ2n) is 7.87. The molecule has 14 heteroatoms. The summed E-state index contributed by atoms with van der Waals surface area (Å²) < 4.78 is 79.1. The average Bonchev–Trinajstić information content (AvgIpc) is 3.58. The monoisotopic (exact) mass is 536 g/mol. The Kier molecular flexibility index (Phi) is 9.30. The zero-order valence-corrected chi connectivity index (χ0v) is 19.7. The van der Waals surface area contributed by atoms with Crippen LogP contribution in [0.3, 0.4) is 0 Å². The average molecular weight is 537 g/mol. The van der Waals surface area contributed by atoms with Crippen molar-refractivity contribution in [1.82, 2.24) is 10.2 Å². The van der Waals surface area contributed by atoms with Gasteiger partial charge in [0.05, 0.1) is 11.6 Å². The van der Waals surface area contributed by atoms with Crippen LogP contribution in [0.4, 0.5) is 26.3 Å². The number of benzene rings is 1. The molecule has 0 saturated heterocycles. The Morgan fingerprint density at radius 2 is 1.94 bits per heavy atom. The van der Waals surface area contributed by atoms with Gasteiger partial charge in [0.25, 0.3) is 5.91 Å². The van der Waals surface area contributed by atoms with Crippen LogP contribution >= 0.6 is 11.6 Å². The number of carbonyl (C=O) groups excluding carboxylic acids is 1. The fourth-order valence-corrected chi connectivity index (χ4v) is 3.34. The molecule has 0 spiro atoms. The molecular formula is C22H23ClF6N6O. The lowest BCUT2D eigenvalue weighted by atomic mass is 10.1. The summed E-state index contributed by atoms with van der Waals surface area (Å²) in [7, 11) is 0. The first kappa shape index (κ1) is 28.9. The van der Waals surface area contributed by atoms with E-state index < -0.39 is 41.4 Å². The van der Waals surface area contributed by atoms with Gasteiger partial charge in [-0.2, -0.15) is 26.3 Å². The highest BCUT2D eigenvalue weighted by Gasteiger charge is 2.36. The third-order valence-electron chi connectivity index (χ3n) is 5.02. The van der Waals surface area contributed by atoms with Crippen LogP contribution in [0.5, 0.6) is 0 Å². The molecule has 1 aliphatic rings. The van der Waals surface area contributed by atoms with Crippen LogP contribution in [-0.4, -0.2) is 47.5 Å². The maximum atomic E-state index is 13.3. The van der Waals surface area contributed by atoms with E-state index in [9.17, 15) is 31.1 Å². The molecule has 0 radical (unpaired) electrons. The lowest BCUT2D eigenvalue weighted by molar-refractivity contribution is -0.137. The van der Waals surface area contributed by atoms with Gasteiger partial charge in [-0.1, -0.05) is 18.2 Å². The SMILES string of the molecule is C=C(/N=C(\C=C/N)C(F)(F)F)N/C(=N\C=N)C(C)N(CC1CC1)C(=O)c1cc(Cl)cc(C(F)(F)F)c1. The number of amidine groups is 1. The van der Waals surface area contributed by atoms with Crippen molar-refractivity contribution in [3.8, 4) is 0 Å². The molecule has 1 aliphatic carbocycles. The molecule has 1 saturated carbocycles. The van der Waals surface area contributed by atoms with Crippen molar-refractivity contribution < 1.29 is 31.1 Å². The number of aliphatic imine (C=N–C) groups is 2. The number of nitrogens with one attached hydrogen (secondary N) is 2. The van der Waals surface area contributed by atoms with Gasteiger partial charge in [-0.05, 0) is 56.2 Å². The zero-order valence-electron chi connectivity index (χ0n) is 18.9. The first-order valence-corrected chi connectivity index (χ1v) is 10.8. The number of nitrogens with two attached hydrogens (primary N) is 1. The Labute approximate surface area is 207 Å². The van der Waals surface area contributed by atoms with Gasteiger partial charge in [0.1, 0.15) is 23.7 Å². The van der Waals surface area contributed by atoms with Crippen LogP contribution in [0.15, 0.2) is 52.9 Å². The summed E-state index contributed by atoms with van der Waals surface area (Å²) in [4.78, 5) is 21.6. The molecule has 0 aromatic heterocycles. The Hall–Kier alpha value is -3.35. The van der Waals surface area contributed by atoms with Gasteiger partial charge in [-0.25, -0.2) is 9.98 Å². The predicted octanol–water partition coefficient (Wildman–Crippen LogP) is 5.14. The fourth-order valence-electron chi connectivity index (χ4n) is 3.11. The van der Waals surface area contributed by atoms with Gasteiger partial charge in [-0.15, -0.1) is 0 Å². The molecule has 1 aromatic rings. The molecule has 0 aliphatic heterocycles. The Morgan fingerprint density at radius 1 is 1.31 bits per heavy atom. The molecule has 1 amide bonds. The van der Waals surface area contributed by atoms with Crippen LogP contribution in [0.2, 0.25) is 5.02 Å². The van der Waals surface area contributed by atoms with Gasteiger partial charge in [0.2, 0.25) is 0 Å². The van der Waals surface area contributed by atoms with Gasteiger partial charge >= 0.3 is 12.4 Å². The number of nitrogens with zero attached hydrogens (tertiary/aromatic N) is 3. The van der Waals surface area contributed by atoms with Gasteiger partial charge in [-0.3, -0.25) is 10.2 Å². The first-order chi connectivity index (χ1) is 16.7. The Balaban J connectivity index is 2.41. The van der Waals surface area contributed by atoms with Crippen molar-refractivity contribution in [1.29, 1.82) is 5.41 Å². The highest BCUT2D eigenvalue weighted by atomic mass is 35.5. The summed E-state index contributed by atoms with van der Waals surface area (Å²) in [5, 5.41) is 9.45. The number of hydrogen-bond acceptors (Lipinski definition) is 4. The largest absolute Gasteiger partial charge is 0.433 e. The van der Waals surface area contributed by atoms with Crippen molar-refractivity contribution in [3.05, 3.63) is 59.0 Å². The minimum absolute atomic E-state index is 0.0756. The lowest BCUT2D eigenvalue weighted by Gasteiger charge is -2.31. The van der Waals surface area contributed by atoms with Crippen molar-refractivity contribution in [2.24, 2.45) is 21.6 Å². The van der Waals surface area contributed by atoms with Gasteiger partial charge in [0.15, 0.2) is 0 Å². The smallest absolute Gasteiger partial charge is 0.405 e. The van der Waals surface area contributed by atoms with E-state index in [0.29, 0.717) is 30.7 Å². The van der Waals surface area contributed by atoms with E-state index in [-0.39, 0.29) is 28.9 Å². The van der Waals surface area contributed by atoms with Crippen LogP contribution in [-0.2, 0) is 6.18 Å². The molecule has 0 bridgehead atoms. The van der Waals surface area contributed by atoms with Gasteiger partial charge < -0.3 is 16.0 Å². The van der Waals surface area contributed by atoms with Crippen molar-refractivity contribution in [3.63, 3.8) is 0 Å². The molecule has 1 fully saturated rings. The number of alkyl halides is 6. The molecule has 36 heavy (non-hydrogen) atoms. The number of amides is 1. The topological polar surface area (TPSA) is 107 Å². The maximum absolute atomic E-state index is 13.3. The molecule has 1 atom stereocenters. The minimum atomic E-state index is -4.85. The minimum Gasteiger partial charge on any atom is -0.405 e. The molecule has 2 rings (SSSR count). The normalized spacial score (nSPS) is 16.1. The molecule has 4 N–H and O–H groups in total. The van der Waals surface area contributed by atoms with E-state index in [2.05, 4.69) is 21.9 Å². The standard InChI is InChI=1S/C22H23ClF6N6O/c1-12(19(32-11-31)34-13(2)33-18(5-6-30)22(27,28)29)35(10-14-3-4-14)20(36)15-7-16(21(24,25)26)9-17(23)8-15/h5-9,11-12,14H,2-4,10,30H2,1H3,(H2,31,32,34)/b6-5-,33-18+. The second-order valence-corrected chi connectivity index (χ2v) is 8.31. The van der Waals surface area contributed by atoms with Crippen LogP contribution in [0, 0.1) is 11.3 Å².